The Labute approximate surface area is 119 Å². The lowest BCUT2D eigenvalue weighted by Gasteiger charge is -2.10. The topological polar surface area (TPSA) is 20.2 Å². The SMILES string of the molecule is [CH2]c1cc(-c2ccc(C(C)C)cc2O)c(CC=C)s1. The fourth-order valence-corrected chi connectivity index (χ4v) is 3.10. The highest BCUT2D eigenvalue weighted by Gasteiger charge is 2.13. The summed E-state index contributed by atoms with van der Waals surface area (Å²) >= 11 is 1.66. The van der Waals surface area contributed by atoms with Crippen LogP contribution in [0.4, 0.5) is 0 Å². The van der Waals surface area contributed by atoms with Crippen LogP contribution in [-0.2, 0) is 6.42 Å². The zero-order chi connectivity index (χ0) is 14.0. The first-order valence-corrected chi connectivity index (χ1v) is 7.23. The average molecular weight is 271 g/mol. The molecule has 2 rings (SSSR count). The Bertz CT molecular complexity index is 593. The summed E-state index contributed by atoms with van der Waals surface area (Å²) in [5.74, 6) is 0.757. The van der Waals surface area contributed by atoms with Gasteiger partial charge in [-0.2, -0.15) is 0 Å². The van der Waals surface area contributed by atoms with E-state index in [1.54, 1.807) is 11.3 Å². The first-order valence-electron chi connectivity index (χ1n) is 6.41. The number of hydrogen-bond acceptors (Lipinski definition) is 2. The molecule has 0 aliphatic heterocycles. The molecule has 0 aliphatic rings. The van der Waals surface area contributed by atoms with Gasteiger partial charge in [0.25, 0.3) is 0 Å². The Morgan fingerprint density at radius 1 is 1.26 bits per heavy atom. The van der Waals surface area contributed by atoms with Gasteiger partial charge in [0.1, 0.15) is 5.75 Å². The molecule has 1 nitrogen and oxygen atoms in total. The van der Waals surface area contributed by atoms with E-state index < -0.39 is 0 Å². The van der Waals surface area contributed by atoms with Crippen LogP contribution >= 0.6 is 11.3 Å². The summed E-state index contributed by atoms with van der Waals surface area (Å²) in [4.78, 5) is 2.21. The van der Waals surface area contributed by atoms with Gasteiger partial charge in [0.15, 0.2) is 0 Å². The van der Waals surface area contributed by atoms with Crippen LogP contribution in [0.3, 0.4) is 0 Å². The molecule has 1 aromatic heterocycles. The number of phenols is 1. The van der Waals surface area contributed by atoms with Crippen LogP contribution in [0.5, 0.6) is 5.75 Å². The minimum atomic E-state index is 0.342. The van der Waals surface area contributed by atoms with Crippen LogP contribution in [0.15, 0.2) is 36.9 Å². The van der Waals surface area contributed by atoms with Crippen molar-refractivity contribution in [1.82, 2.24) is 0 Å². The third-order valence-electron chi connectivity index (χ3n) is 3.17. The Morgan fingerprint density at radius 3 is 2.58 bits per heavy atom. The van der Waals surface area contributed by atoms with Gasteiger partial charge in [0.05, 0.1) is 0 Å². The highest BCUT2D eigenvalue weighted by atomic mass is 32.1. The van der Waals surface area contributed by atoms with Gasteiger partial charge >= 0.3 is 0 Å². The van der Waals surface area contributed by atoms with E-state index in [9.17, 15) is 5.11 Å². The highest BCUT2D eigenvalue weighted by molar-refractivity contribution is 7.12. The molecular formula is C17H19OS. The predicted octanol–water partition coefficient (Wildman–Crippen LogP) is 5.15. The van der Waals surface area contributed by atoms with Crippen LogP contribution in [0.2, 0.25) is 0 Å². The van der Waals surface area contributed by atoms with E-state index in [2.05, 4.69) is 33.4 Å². The van der Waals surface area contributed by atoms with Gasteiger partial charge in [-0.1, -0.05) is 32.1 Å². The molecule has 1 N–H and O–H groups in total. The van der Waals surface area contributed by atoms with Crippen molar-refractivity contribution >= 4 is 11.3 Å². The van der Waals surface area contributed by atoms with Crippen molar-refractivity contribution in [3.8, 4) is 16.9 Å². The number of aromatic hydroxyl groups is 1. The van der Waals surface area contributed by atoms with Crippen molar-refractivity contribution in [2.75, 3.05) is 0 Å². The molecule has 99 valence electrons. The van der Waals surface area contributed by atoms with Crippen molar-refractivity contribution in [3.05, 3.63) is 59.2 Å². The quantitative estimate of drug-likeness (QED) is 0.762. The summed E-state index contributed by atoms with van der Waals surface area (Å²) in [6.45, 7) is 12.0. The smallest absolute Gasteiger partial charge is 0.123 e. The maximum absolute atomic E-state index is 10.3. The fraction of sp³-hybridized carbons (Fsp3) is 0.235. The summed E-state index contributed by atoms with van der Waals surface area (Å²) in [7, 11) is 0. The van der Waals surface area contributed by atoms with Crippen molar-refractivity contribution in [2.24, 2.45) is 0 Å². The lowest BCUT2D eigenvalue weighted by atomic mass is 9.97. The van der Waals surface area contributed by atoms with E-state index in [1.807, 2.05) is 24.3 Å². The molecule has 0 aliphatic carbocycles. The summed E-state index contributed by atoms with van der Waals surface area (Å²) in [5.41, 5.74) is 3.10. The summed E-state index contributed by atoms with van der Waals surface area (Å²) in [6.07, 6.45) is 2.69. The molecule has 0 atom stereocenters. The van der Waals surface area contributed by atoms with E-state index in [1.165, 1.54) is 4.88 Å². The van der Waals surface area contributed by atoms with Gasteiger partial charge in [-0.3, -0.25) is 0 Å². The Hall–Kier alpha value is -1.54. The Balaban J connectivity index is 2.49. The van der Waals surface area contributed by atoms with Crippen molar-refractivity contribution in [1.29, 1.82) is 0 Å². The maximum Gasteiger partial charge on any atom is 0.123 e. The van der Waals surface area contributed by atoms with Gasteiger partial charge in [-0.15, -0.1) is 17.9 Å². The molecular weight excluding hydrogens is 252 g/mol. The fourth-order valence-electron chi connectivity index (χ4n) is 2.13. The molecule has 0 unspecified atom stereocenters. The first-order chi connectivity index (χ1) is 9.02. The minimum Gasteiger partial charge on any atom is -0.507 e. The molecule has 2 heteroatoms. The zero-order valence-electron chi connectivity index (χ0n) is 11.4. The van der Waals surface area contributed by atoms with Crippen molar-refractivity contribution in [2.45, 2.75) is 26.2 Å². The molecule has 1 heterocycles. The number of benzene rings is 1. The van der Waals surface area contributed by atoms with Crippen LogP contribution in [0.1, 0.15) is 35.1 Å². The Kier molecular flexibility index (Phi) is 4.11. The normalized spacial score (nSPS) is 10.9. The molecule has 0 amide bonds. The minimum absolute atomic E-state index is 0.342. The summed E-state index contributed by atoms with van der Waals surface area (Å²) in [5, 5.41) is 10.3. The van der Waals surface area contributed by atoms with Gasteiger partial charge in [-0.05, 0) is 36.1 Å². The molecule has 0 fully saturated rings. The second-order valence-electron chi connectivity index (χ2n) is 4.97. The first kappa shape index (κ1) is 13.9. The zero-order valence-corrected chi connectivity index (χ0v) is 12.3. The van der Waals surface area contributed by atoms with Gasteiger partial charge < -0.3 is 5.11 Å². The van der Waals surface area contributed by atoms with E-state index in [-0.39, 0.29) is 0 Å². The van der Waals surface area contributed by atoms with E-state index in [0.29, 0.717) is 11.7 Å². The second kappa shape index (κ2) is 5.62. The monoisotopic (exact) mass is 271 g/mol. The molecule has 0 bridgehead atoms. The third-order valence-corrected chi connectivity index (χ3v) is 4.18. The average Bonchev–Trinajstić information content (AvgIpc) is 2.70. The maximum atomic E-state index is 10.3. The lowest BCUT2D eigenvalue weighted by Crippen LogP contribution is -1.89. The van der Waals surface area contributed by atoms with Gasteiger partial charge in [0.2, 0.25) is 0 Å². The van der Waals surface area contributed by atoms with Crippen molar-refractivity contribution < 1.29 is 5.11 Å². The van der Waals surface area contributed by atoms with Gasteiger partial charge in [-0.25, -0.2) is 0 Å². The number of rotatable bonds is 4. The summed E-state index contributed by atoms with van der Waals surface area (Å²) < 4.78 is 0. The molecule has 2 aromatic rings. The third kappa shape index (κ3) is 2.90. The lowest BCUT2D eigenvalue weighted by molar-refractivity contribution is 0.476. The molecule has 0 saturated heterocycles. The second-order valence-corrected chi connectivity index (χ2v) is 6.19. The molecule has 0 spiro atoms. The highest BCUT2D eigenvalue weighted by Crippen LogP contribution is 2.38. The Morgan fingerprint density at radius 2 is 2.00 bits per heavy atom. The number of phenolic OH excluding ortho intramolecular Hbond substituents is 1. The van der Waals surface area contributed by atoms with Gasteiger partial charge in [0, 0.05) is 21.7 Å². The van der Waals surface area contributed by atoms with Crippen LogP contribution in [0, 0.1) is 6.92 Å². The van der Waals surface area contributed by atoms with Crippen LogP contribution in [-0.4, -0.2) is 5.11 Å². The van der Waals surface area contributed by atoms with Crippen LogP contribution < -0.4 is 0 Å². The number of thiophene rings is 1. The largest absolute Gasteiger partial charge is 0.507 e. The molecule has 1 aromatic carbocycles. The number of hydrogen-bond donors (Lipinski definition) is 1. The van der Waals surface area contributed by atoms with Crippen molar-refractivity contribution in [3.63, 3.8) is 0 Å². The molecule has 19 heavy (non-hydrogen) atoms. The standard InChI is InChI=1S/C17H19OS/c1-5-6-17-15(9-12(4)19-17)14-8-7-13(11(2)3)10-16(14)18/h5,7-11,18H,1,4,6H2,2-3H3. The molecule has 1 radical (unpaired) electrons. The van der Waals surface area contributed by atoms with Crippen LogP contribution in [0.25, 0.3) is 11.1 Å². The summed E-state index contributed by atoms with van der Waals surface area (Å²) in [6, 6.07) is 7.97. The molecule has 0 saturated carbocycles. The number of allylic oxidation sites excluding steroid dienone is 1. The van der Waals surface area contributed by atoms with E-state index in [0.717, 1.165) is 28.0 Å². The van der Waals surface area contributed by atoms with E-state index in [4.69, 9.17) is 0 Å². The predicted molar refractivity (Wildman–Crippen MR) is 83.9 cm³/mol. The van der Waals surface area contributed by atoms with E-state index >= 15 is 0 Å².